The summed E-state index contributed by atoms with van der Waals surface area (Å²) in [6, 6.07) is 0. The largest absolute Gasteiger partial charge is 0.438 e. The smallest absolute Gasteiger partial charge is 0.208 e. The van der Waals surface area contributed by atoms with Gasteiger partial charge in [-0.2, -0.15) is 0 Å². The van der Waals surface area contributed by atoms with Gasteiger partial charge < -0.3 is 9.73 Å². The zero-order valence-electron chi connectivity index (χ0n) is 7.15. The van der Waals surface area contributed by atoms with Crippen LogP contribution >= 0.6 is 11.3 Å². The van der Waals surface area contributed by atoms with Gasteiger partial charge in [0.15, 0.2) is 5.76 Å². The average Bonchev–Trinajstić information content (AvgIpc) is 2.70. The van der Waals surface area contributed by atoms with Crippen LogP contribution < -0.4 is 5.32 Å². The van der Waals surface area contributed by atoms with Crippen LogP contribution in [0.25, 0.3) is 10.6 Å². The van der Waals surface area contributed by atoms with Gasteiger partial charge in [-0.3, -0.25) is 4.98 Å². The molecule has 0 aliphatic carbocycles. The van der Waals surface area contributed by atoms with Crippen LogP contribution in [0.15, 0.2) is 22.3 Å². The molecule has 0 aliphatic heterocycles. The molecule has 0 radical (unpaired) electrons. The summed E-state index contributed by atoms with van der Waals surface area (Å²) in [5.74, 6) is 1.48. The third kappa shape index (κ3) is 1.76. The molecule has 0 saturated heterocycles. The number of nitrogens with zero attached hydrogens (tertiary/aromatic N) is 2. The highest BCUT2D eigenvalue weighted by molar-refractivity contribution is 7.13. The molecule has 5 heteroatoms. The topological polar surface area (TPSA) is 51.0 Å². The van der Waals surface area contributed by atoms with Crippen molar-refractivity contribution in [2.24, 2.45) is 0 Å². The molecule has 0 spiro atoms. The Labute approximate surface area is 79.6 Å². The Morgan fingerprint density at radius 3 is 3.15 bits per heavy atom. The van der Waals surface area contributed by atoms with E-state index in [0.717, 1.165) is 10.6 Å². The highest BCUT2D eigenvalue weighted by Crippen LogP contribution is 2.23. The molecular formula is C8H9N3OS. The van der Waals surface area contributed by atoms with Crippen molar-refractivity contribution in [3.8, 4) is 10.6 Å². The highest BCUT2D eigenvalue weighted by atomic mass is 32.1. The van der Waals surface area contributed by atoms with E-state index >= 15 is 0 Å². The van der Waals surface area contributed by atoms with E-state index in [4.69, 9.17) is 4.42 Å². The molecule has 0 saturated carbocycles. The summed E-state index contributed by atoms with van der Waals surface area (Å²) < 4.78 is 5.47. The van der Waals surface area contributed by atoms with Gasteiger partial charge in [-0.1, -0.05) is 0 Å². The first kappa shape index (κ1) is 8.40. The fraction of sp³-hybridized carbons (Fsp3) is 0.250. The third-order valence-corrected chi connectivity index (χ3v) is 2.34. The number of oxazole rings is 1. The van der Waals surface area contributed by atoms with E-state index in [2.05, 4.69) is 15.3 Å². The van der Waals surface area contributed by atoms with E-state index in [9.17, 15) is 0 Å². The molecule has 1 N–H and O–H groups in total. The minimum atomic E-state index is 0.652. The van der Waals surface area contributed by atoms with Crippen molar-refractivity contribution in [1.82, 2.24) is 15.3 Å². The van der Waals surface area contributed by atoms with Crippen LogP contribution in [0.2, 0.25) is 0 Å². The second-order valence-corrected chi connectivity index (χ2v) is 3.40. The fourth-order valence-corrected chi connectivity index (χ4v) is 1.56. The Morgan fingerprint density at radius 2 is 2.46 bits per heavy atom. The lowest BCUT2D eigenvalue weighted by molar-refractivity contribution is 0.491. The predicted octanol–water partition coefficient (Wildman–Crippen LogP) is 1.52. The summed E-state index contributed by atoms with van der Waals surface area (Å²) in [5, 5.41) is 2.97. The lowest BCUT2D eigenvalue weighted by Crippen LogP contribution is -2.04. The van der Waals surface area contributed by atoms with E-state index in [0.29, 0.717) is 12.4 Å². The van der Waals surface area contributed by atoms with Gasteiger partial charge >= 0.3 is 0 Å². The Hall–Kier alpha value is -1.20. The molecular weight excluding hydrogens is 186 g/mol. The standard InChI is InChI=1S/C8H9N3OS/c1-9-4-8-11-2-6(12-8)7-3-10-5-13-7/h2-3,5,9H,4H2,1H3. The number of thiazole rings is 1. The normalized spacial score (nSPS) is 10.5. The van der Waals surface area contributed by atoms with Crippen LogP contribution in [-0.4, -0.2) is 17.0 Å². The van der Waals surface area contributed by atoms with E-state index in [1.54, 1.807) is 29.2 Å². The molecule has 0 aromatic carbocycles. The zero-order chi connectivity index (χ0) is 9.10. The first-order valence-electron chi connectivity index (χ1n) is 3.88. The van der Waals surface area contributed by atoms with Crippen molar-refractivity contribution >= 4 is 11.3 Å². The molecule has 0 fully saturated rings. The van der Waals surface area contributed by atoms with Gasteiger partial charge in [0.05, 0.1) is 23.1 Å². The third-order valence-electron chi connectivity index (χ3n) is 1.56. The molecule has 13 heavy (non-hydrogen) atoms. The maximum absolute atomic E-state index is 5.47. The molecule has 0 atom stereocenters. The summed E-state index contributed by atoms with van der Waals surface area (Å²) in [6.07, 6.45) is 3.49. The molecule has 2 aromatic rings. The van der Waals surface area contributed by atoms with Gasteiger partial charge in [-0.15, -0.1) is 11.3 Å². The molecule has 0 bridgehead atoms. The van der Waals surface area contributed by atoms with Gasteiger partial charge in [0.2, 0.25) is 5.89 Å². The van der Waals surface area contributed by atoms with Gasteiger partial charge in [0.1, 0.15) is 0 Å². The summed E-state index contributed by atoms with van der Waals surface area (Å²) in [7, 11) is 1.86. The zero-order valence-corrected chi connectivity index (χ0v) is 7.97. The maximum atomic E-state index is 5.47. The summed E-state index contributed by atoms with van der Waals surface area (Å²) in [6.45, 7) is 0.652. The number of aromatic nitrogens is 2. The average molecular weight is 195 g/mol. The maximum Gasteiger partial charge on any atom is 0.208 e. The van der Waals surface area contributed by atoms with Gasteiger partial charge in [-0.25, -0.2) is 4.98 Å². The lowest BCUT2D eigenvalue weighted by Gasteiger charge is -1.90. The summed E-state index contributed by atoms with van der Waals surface area (Å²) >= 11 is 1.54. The van der Waals surface area contributed by atoms with E-state index in [1.165, 1.54) is 0 Å². The van der Waals surface area contributed by atoms with Crippen LogP contribution in [0, 0.1) is 0 Å². The molecule has 4 nitrogen and oxygen atoms in total. The van der Waals surface area contributed by atoms with Gasteiger partial charge in [0.25, 0.3) is 0 Å². The quantitative estimate of drug-likeness (QED) is 0.806. The number of nitrogens with one attached hydrogen (secondary N) is 1. The molecule has 0 unspecified atom stereocenters. The van der Waals surface area contributed by atoms with Gasteiger partial charge in [0, 0.05) is 6.20 Å². The fourth-order valence-electron chi connectivity index (χ4n) is 0.995. The van der Waals surface area contributed by atoms with Crippen molar-refractivity contribution in [3.63, 3.8) is 0 Å². The van der Waals surface area contributed by atoms with E-state index < -0.39 is 0 Å². The minimum absolute atomic E-state index is 0.652. The molecule has 2 heterocycles. The van der Waals surface area contributed by atoms with E-state index in [1.807, 2.05) is 7.05 Å². The Kier molecular flexibility index (Phi) is 2.37. The van der Waals surface area contributed by atoms with Crippen LogP contribution in [0.3, 0.4) is 0 Å². The van der Waals surface area contributed by atoms with Crippen LogP contribution in [0.4, 0.5) is 0 Å². The van der Waals surface area contributed by atoms with Crippen molar-refractivity contribution in [3.05, 3.63) is 23.8 Å². The Bertz CT molecular complexity index is 368. The van der Waals surface area contributed by atoms with Crippen molar-refractivity contribution in [2.45, 2.75) is 6.54 Å². The van der Waals surface area contributed by atoms with E-state index in [-0.39, 0.29) is 0 Å². The molecule has 68 valence electrons. The number of hydrogen-bond donors (Lipinski definition) is 1. The molecule has 2 aromatic heterocycles. The number of hydrogen-bond acceptors (Lipinski definition) is 5. The van der Waals surface area contributed by atoms with Crippen molar-refractivity contribution in [2.75, 3.05) is 7.05 Å². The lowest BCUT2D eigenvalue weighted by atomic mass is 10.4. The SMILES string of the molecule is CNCc1ncc(-c2cncs2)o1. The molecule has 0 amide bonds. The Morgan fingerprint density at radius 1 is 1.54 bits per heavy atom. The second-order valence-electron chi connectivity index (χ2n) is 2.51. The predicted molar refractivity (Wildman–Crippen MR) is 50.4 cm³/mol. The first-order chi connectivity index (χ1) is 6.40. The summed E-state index contributed by atoms with van der Waals surface area (Å²) in [5.41, 5.74) is 1.77. The van der Waals surface area contributed by atoms with Gasteiger partial charge in [-0.05, 0) is 7.05 Å². The monoisotopic (exact) mass is 195 g/mol. The van der Waals surface area contributed by atoms with Crippen molar-refractivity contribution in [1.29, 1.82) is 0 Å². The van der Waals surface area contributed by atoms with Crippen LogP contribution in [0.5, 0.6) is 0 Å². The van der Waals surface area contributed by atoms with Crippen molar-refractivity contribution < 1.29 is 4.42 Å². The molecule has 2 rings (SSSR count). The first-order valence-corrected chi connectivity index (χ1v) is 4.76. The molecule has 0 aliphatic rings. The number of rotatable bonds is 3. The summed E-state index contributed by atoms with van der Waals surface area (Å²) in [4.78, 5) is 9.09. The van der Waals surface area contributed by atoms with Crippen LogP contribution in [-0.2, 0) is 6.54 Å². The second kappa shape index (κ2) is 3.68. The highest BCUT2D eigenvalue weighted by Gasteiger charge is 2.06. The van der Waals surface area contributed by atoms with Crippen LogP contribution in [0.1, 0.15) is 5.89 Å². The minimum Gasteiger partial charge on any atom is -0.438 e. The Balaban J connectivity index is 2.23.